The zero-order valence-corrected chi connectivity index (χ0v) is 12.5. The van der Waals surface area contributed by atoms with E-state index in [4.69, 9.17) is 4.74 Å². The summed E-state index contributed by atoms with van der Waals surface area (Å²) in [7, 11) is 1.68. The number of hydrogen-bond donors (Lipinski definition) is 0. The van der Waals surface area contributed by atoms with Gasteiger partial charge in [-0.3, -0.25) is 9.59 Å². The van der Waals surface area contributed by atoms with Gasteiger partial charge in [0.1, 0.15) is 0 Å². The summed E-state index contributed by atoms with van der Waals surface area (Å²) in [6.45, 7) is 3.16. The summed E-state index contributed by atoms with van der Waals surface area (Å²) < 4.78 is 5.26. The second-order valence-corrected chi connectivity index (χ2v) is 5.78. The van der Waals surface area contributed by atoms with Gasteiger partial charge in [-0.1, -0.05) is 12.8 Å². The molecular weight excluding hydrogens is 256 g/mol. The molecule has 0 aromatic rings. The number of hydrogen-bond acceptors (Lipinski definition) is 3. The molecule has 0 spiro atoms. The van der Waals surface area contributed by atoms with Crippen LogP contribution in [0.3, 0.4) is 0 Å². The SMILES string of the molecule is CO[C@@H]1CCN(C(=O)CCC(=O)N2CCCCCC2)C1. The summed E-state index contributed by atoms with van der Waals surface area (Å²) >= 11 is 0. The van der Waals surface area contributed by atoms with Gasteiger partial charge in [0.2, 0.25) is 11.8 Å². The van der Waals surface area contributed by atoms with Crippen LogP contribution in [-0.4, -0.2) is 61.0 Å². The molecular formula is C15H26N2O3. The Kier molecular flexibility index (Phi) is 5.83. The van der Waals surface area contributed by atoms with Crippen LogP contribution in [0.5, 0.6) is 0 Å². The molecule has 0 aliphatic carbocycles. The molecule has 2 aliphatic rings. The van der Waals surface area contributed by atoms with Crippen molar-refractivity contribution in [3.8, 4) is 0 Å². The molecule has 5 nitrogen and oxygen atoms in total. The van der Waals surface area contributed by atoms with Gasteiger partial charge in [0.15, 0.2) is 0 Å². The van der Waals surface area contributed by atoms with E-state index >= 15 is 0 Å². The number of carbonyl (C=O) groups excluding carboxylic acids is 2. The number of rotatable bonds is 4. The molecule has 0 unspecified atom stereocenters. The predicted molar refractivity (Wildman–Crippen MR) is 76.3 cm³/mol. The van der Waals surface area contributed by atoms with Crippen LogP contribution >= 0.6 is 0 Å². The summed E-state index contributed by atoms with van der Waals surface area (Å²) in [6.07, 6.45) is 6.40. The molecule has 2 aliphatic heterocycles. The first-order valence-corrected chi connectivity index (χ1v) is 7.79. The molecule has 2 fully saturated rings. The van der Waals surface area contributed by atoms with Gasteiger partial charge in [0.05, 0.1) is 6.10 Å². The zero-order valence-electron chi connectivity index (χ0n) is 12.5. The smallest absolute Gasteiger partial charge is 0.223 e. The first kappa shape index (κ1) is 15.3. The summed E-state index contributed by atoms with van der Waals surface area (Å²) in [5, 5.41) is 0. The zero-order chi connectivity index (χ0) is 14.4. The number of methoxy groups -OCH3 is 1. The Labute approximate surface area is 121 Å². The lowest BCUT2D eigenvalue weighted by atomic mass is 10.2. The molecule has 0 bridgehead atoms. The van der Waals surface area contributed by atoms with Crippen molar-refractivity contribution in [1.29, 1.82) is 0 Å². The van der Waals surface area contributed by atoms with Gasteiger partial charge in [0.25, 0.3) is 0 Å². The molecule has 2 saturated heterocycles. The van der Waals surface area contributed by atoms with Crippen molar-refractivity contribution in [1.82, 2.24) is 9.80 Å². The fourth-order valence-corrected chi connectivity index (χ4v) is 3.00. The van der Waals surface area contributed by atoms with Crippen molar-refractivity contribution in [3.05, 3.63) is 0 Å². The fraction of sp³-hybridized carbons (Fsp3) is 0.867. The molecule has 114 valence electrons. The van der Waals surface area contributed by atoms with Crippen LogP contribution in [0.1, 0.15) is 44.9 Å². The van der Waals surface area contributed by atoms with Crippen LogP contribution in [0.25, 0.3) is 0 Å². The lowest BCUT2D eigenvalue weighted by molar-refractivity contribution is -0.136. The first-order valence-electron chi connectivity index (χ1n) is 7.79. The standard InChI is InChI=1S/C15H26N2O3/c1-20-13-8-11-17(12-13)15(19)7-6-14(18)16-9-4-2-3-5-10-16/h13H,2-12H2,1H3/t13-/m1/s1. The van der Waals surface area contributed by atoms with Gasteiger partial charge in [-0.2, -0.15) is 0 Å². The Morgan fingerprint density at radius 2 is 1.55 bits per heavy atom. The average molecular weight is 282 g/mol. The van der Waals surface area contributed by atoms with E-state index in [9.17, 15) is 9.59 Å². The number of carbonyl (C=O) groups is 2. The van der Waals surface area contributed by atoms with Crippen LogP contribution in [0.2, 0.25) is 0 Å². The maximum atomic E-state index is 12.1. The minimum atomic E-state index is 0.0905. The van der Waals surface area contributed by atoms with Crippen LogP contribution < -0.4 is 0 Å². The highest BCUT2D eigenvalue weighted by Crippen LogP contribution is 2.15. The Bertz CT molecular complexity index is 338. The molecule has 2 amide bonds. The number of likely N-dealkylation sites (tertiary alicyclic amines) is 2. The van der Waals surface area contributed by atoms with E-state index in [1.54, 1.807) is 7.11 Å². The van der Waals surface area contributed by atoms with E-state index in [1.807, 2.05) is 9.80 Å². The molecule has 2 rings (SSSR count). The second-order valence-electron chi connectivity index (χ2n) is 5.78. The number of amides is 2. The lowest BCUT2D eigenvalue weighted by Crippen LogP contribution is -2.34. The molecule has 0 N–H and O–H groups in total. The second kappa shape index (κ2) is 7.62. The fourth-order valence-electron chi connectivity index (χ4n) is 3.00. The van der Waals surface area contributed by atoms with Gasteiger partial charge >= 0.3 is 0 Å². The van der Waals surface area contributed by atoms with Crippen molar-refractivity contribution >= 4 is 11.8 Å². The summed E-state index contributed by atoms with van der Waals surface area (Å²) in [5.74, 6) is 0.232. The van der Waals surface area contributed by atoms with Gasteiger partial charge in [-0.05, 0) is 19.3 Å². The highest BCUT2D eigenvalue weighted by Gasteiger charge is 2.26. The van der Waals surface area contributed by atoms with Crippen LogP contribution in [0.4, 0.5) is 0 Å². The van der Waals surface area contributed by atoms with Gasteiger partial charge in [-0.15, -0.1) is 0 Å². The third-order valence-corrected chi connectivity index (χ3v) is 4.34. The third kappa shape index (κ3) is 4.20. The first-order chi connectivity index (χ1) is 9.70. The minimum absolute atomic E-state index is 0.0905. The lowest BCUT2D eigenvalue weighted by Gasteiger charge is -2.21. The quantitative estimate of drug-likeness (QED) is 0.783. The molecule has 0 aromatic carbocycles. The molecule has 0 saturated carbocycles. The van der Waals surface area contributed by atoms with Crippen molar-refractivity contribution in [3.63, 3.8) is 0 Å². The largest absolute Gasteiger partial charge is 0.380 e. The average Bonchev–Trinajstić information content (AvgIpc) is 2.78. The van der Waals surface area contributed by atoms with Crippen LogP contribution in [-0.2, 0) is 14.3 Å². The van der Waals surface area contributed by atoms with Gasteiger partial charge in [-0.25, -0.2) is 0 Å². The minimum Gasteiger partial charge on any atom is -0.380 e. The van der Waals surface area contributed by atoms with E-state index in [0.29, 0.717) is 19.4 Å². The normalized spacial score (nSPS) is 23.8. The summed E-state index contributed by atoms with van der Waals surface area (Å²) in [4.78, 5) is 27.9. The topological polar surface area (TPSA) is 49.9 Å². The van der Waals surface area contributed by atoms with Crippen molar-refractivity contribution in [2.75, 3.05) is 33.3 Å². The van der Waals surface area contributed by atoms with Crippen molar-refractivity contribution < 1.29 is 14.3 Å². The number of ether oxygens (including phenoxy) is 1. The number of nitrogens with zero attached hydrogens (tertiary/aromatic N) is 2. The maximum absolute atomic E-state index is 12.1. The van der Waals surface area contributed by atoms with E-state index in [-0.39, 0.29) is 17.9 Å². The van der Waals surface area contributed by atoms with E-state index < -0.39 is 0 Å². The van der Waals surface area contributed by atoms with E-state index in [2.05, 4.69) is 0 Å². The Balaban J connectivity index is 1.71. The molecule has 1 atom stereocenters. The van der Waals surface area contributed by atoms with Gasteiger partial charge in [0, 0.05) is 46.1 Å². The highest BCUT2D eigenvalue weighted by atomic mass is 16.5. The molecule has 20 heavy (non-hydrogen) atoms. The molecule has 0 radical (unpaired) electrons. The van der Waals surface area contributed by atoms with Crippen molar-refractivity contribution in [2.24, 2.45) is 0 Å². The highest BCUT2D eigenvalue weighted by molar-refractivity contribution is 5.84. The molecule has 2 heterocycles. The Morgan fingerprint density at radius 3 is 2.10 bits per heavy atom. The summed E-state index contributed by atoms with van der Waals surface area (Å²) in [6, 6.07) is 0. The summed E-state index contributed by atoms with van der Waals surface area (Å²) in [5.41, 5.74) is 0. The Morgan fingerprint density at radius 1 is 0.950 bits per heavy atom. The van der Waals surface area contributed by atoms with Gasteiger partial charge < -0.3 is 14.5 Å². The van der Waals surface area contributed by atoms with Crippen LogP contribution in [0.15, 0.2) is 0 Å². The molecule has 5 heteroatoms. The third-order valence-electron chi connectivity index (χ3n) is 4.34. The Hall–Kier alpha value is -1.10. The maximum Gasteiger partial charge on any atom is 0.223 e. The van der Waals surface area contributed by atoms with Crippen molar-refractivity contribution in [2.45, 2.75) is 51.0 Å². The molecule has 0 aromatic heterocycles. The monoisotopic (exact) mass is 282 g/mol. The van der Waals surface area contributed by atoms with E-state index in [1.165, 1.54) is 12.8 Å². The predicted octanol–water partition coefficient (Wildman–Crippen LogP) is 1.42. The van der Waals surface area contributed by atoms with E-state index in [0.717, 1.165) is 38.9 Å². The van der Waals surface area contributed by atoms with Crippen LogP contribution in [0, 0.1) is 0 Å².